The maximum atomic E-state index is 2.52. The van der Waals surface area contributed by atoms with E-state index in [-0.39, 0.29) is 0 Å². The fraction of sp³-hybridized carbons (Fsp3) is 0.579. The molecule has 1 aromatic carbocycles. The van der Waals surface area contributed by atoms with Crippen LogP contribution >= 0.6 is 11.3 Å². The van der Waals surface area contributed by atoms with Gasteiger partial charge >= 0.3 is 0 Å². The van der Waals surface area contributed by atoms with Gasteiger partial charge in [0, 0.05) is 17.5 Å². The predicted molar refractivity (Wildman–Crippen MR) is 91.1 cm³/mol. The topological polar surface area (TPSA) is 4.44 Å². The molecule has 1 N–H and O–H groups in total. The average Bonchev–Trinajstić information content (AvgIpc) is 3.01. The normalized spacial score (nSPS) is 23.4. The Labute approximate surface area is 132 Å². The highest BCUT2D eigenvalue weighted by Crippen LogP contribution is 2.40. The first-order chi connectivity index (χ1) is 10.4. The summed E-state index contributed by atoms with van der Waals surface area (Å²) < 4.78 is 1.48. The van der Waals surface area contributed by atoms with Gasteiger partial charge in [0.25, 0.3) is 0 Å². The van der Waals surface area contributed by atoms with E-state index >= 15 is 0 Å². The molecule has 2 aromatic rings. The molecule has 1 aromatic heterocycles. The molecule has 0 unspecified atom stereocenters. The van der Waals surface area contributed by atoms with Crippen LogP contribution in [0.4, 0.5) is 0 Å². The van der Waals surface area contributed by atoms with Gasteiger partial charge in [-0.3, -0.25) is 0 Å². The Hall–Kier alpha value is -0.860. The molecule has 0 spiro atoms. The lowest BCUT2D eigenvalue weighted by molar-refractivity contribution is -0.967. The first-order valence-corrected chi connectivity index (χ1v) is 9.54. The van der Waals surface area contributed by atoms with E-state index in [2.05, 4.69) is 41.7 Å². The first kappa shape index (κ1) is 13.8. The second kappa shape index (κ2) is 5.73. The van der Waals surface area contributed by atoms with Gasteiger partial charge in [0.1, 0.15) is 5.54 Å². The van der Waals surface area contributed by atoms with E-state index in [0.29, 0.717) is 5.54 Å². The van der Waals surface area contributed by atoms with Gasteiger partial charge in [-0.1, -0.05) is 24.6 Å². The van der Waals surface area contributed by atoms with Crippen LogP contribution in [0.15, 0.2) is 30.3 Å². The second-order valence-corrected chi connectivity index (χ2v) is 8.04. The lowest BCUT2D eigenvalue weighted by Gasteiger charge is -2.44. The molecule has 0 bridgehead atoms. The molecule has 0 radical (unpaired) electrons. The maximum Gasteiger partial charge on any atom is 0.132 e. The van der Waals surface area contributed by atoms with Crippen LogP contribution in [0, 0.1) is 0 Å². The number of fused-ring (bicyclic) bond motifs is 1. The first-order valence-electron chi connectivity index (χ1n) is 8.73. The van der Waals surface area contributed by atoms with Crippen molar-refractivity contribution in [2.24, 2.45) is 0 Å². The number of hydrogen-bond acceptors (Lipinski definition) is 1. The van der Waals surface area contributed by atoms with Crippen molar-refractivity contribution in [1.29, 1.82) is 0 Å². The zero-order valence-electron chi connectivity index (χ0n) is 12.9. The summed E-state index contributed by atoms with van der Waals surface area (Å²) in [6, 6.07) is 11.5. The largest absolute Gasteiger partial charge is 0.326 e. The Morgan fingerprint density at radius 2 is 1.57 bits per heavy atom. The summed E-state index contributed by atoms with van der Waals surface area (Å²) in [5.41, 5.74) is 0.447. The van der Waals surface area contributed by atoms with Crippen LogP contribution in [-0.2, 0) is 5.54 Å². The molecule has 1 saturated heterocycles. The summed E-state index contributed by atoms with van der Waals surface area (Å²) in [4.78, 5) is 3.58. The van der Waals surface area contributed by atoms with Gasteiger partial charge in [0.05, 0.1) is 18.0 Å². The molecule has 1 nitrogen and oxygen atoms in total. The van der Waals surface area contributed by atoms with E-state index in [1.165, 1.54) is 74.5 Å². The van der Waals surface area contributed by atoms with Gasteiger partial charge in [-0.2, -0.15) is 0 Å². The van der Waals surface area contributed by atoms with Crippen LogP contribution in [0.2, 0.25) is 0 Å². The van der Waals surface area contributed by atoms with E-state index in [0.717, 1.165) is 0 Å². The third-order valence-electron chi connectivity index (χ3n) is 5.74. The molecule has 1 aliphatic heterocycles. The number of quaternary nitrogens is 1. The van der Waals surface area contributed by atoms with Crippen molar-refractivity contribution in [3.63, 3.8) is 0 Å². The highest BCUT2D eigenvalue weighted by Gasteiger charge is 2.44. The summed E-state index contributed by atoms with van der Waals surface area (Å²) in [7, 11) is 0. The minimum absolute atomic E-state index is 0.447. The summed E-state index contributed by atoms with van der Waals surface area (Å²) in [6.07, 6.45) is 11.4. The predicted octanol–water partition coefficient (Wildman–Crippen LogP) is 4.13. The molecule has 2 heterocycles. The van der Waals surface area contributed by atoms with Gasteiger partial charge in [0.15, 0.2) is 0 Å². The van der Waals surface area contributed by atoms with Gasteiger partial charge in [-0.25, -0.2) is 0 Å². The van der Waals surface area contributed by atoms with Crippen LogP contribution < -0.4 is 4.90 Å². The van der Waals surface area contributed by atoms with Crippen molar-refractivity contribution in [2.45, 2.75) is 56.9 Å². The summed E-state index contributed by atoms with van der Waals surface area (Å²) in [5.74, 6) is 0. The number of nitrogens with one attached hydrogen (secondary N) is 1. The van der Waals surface area contributed by atoms with Crippen molar-refractivity contribution in [1.82, 2.24) is 0 Å². The number of hydrogen-bond donors (Lipinski definition) is 1. The fourth-order valence-electron chi connectivity index (χ4n) is 4.60. The lowest BCUT2D eigenvalue weighted by Crippen LogP contribution is -3.19. The molecule has 112 valence electrons. The molecule has 1 aliphatic carbocycles. The Balaban J connectivity index is 1.77. The number of thiophene rings is 1. The second-order valence-electron chi connectivity index (χ2n) is 6.96. The number of rotatable bonds is 2. The van der Waals surface area contributed by atoms with Gasteiger partial charge in [-0.15, -0.1) is 11.3 Å². The molecule has 2 fully saturated rings. The summed E-state index contributed by atoms with van der Waals surface area (Å²) in [6.45, 7) is 2.79. The van der Waals surface area contributed by atoms with Gasteiger partial charge in [-0.05, 0) is 49.6 Å². The Kier molecular flexibility index (Phi) is 3.76. The Morgan fingerprint density at radius 3 is 2.33 bits per heavy atom. The lowest BCUT2D eigenvalue weighted by atomic mass is 9.78. The monoisotopic (exact) mass is 300 g/mol. The molecule has 0 amide bonds. The molecule has 0 atom stereocenters. The van der Waals surface area contributed by atoms with E-state index < -0.39 is 0 Å². The smallest absolute Gasteiger partial charge is 0.132 e. The van der Waals surface area contributed by atoms with Crippen LogP contribution in [0.1, 0.15) is 56.2 Å². The molecular weight excluding hydrogens is 274 g/mol. The van der Waals surface area contributed by atoms with Crippen LogP contribution in [0.5, 0.6) is 0 Å². The summed E-state index contributed by atoms with van der Waals surface area (Å²) in [5, 5.41) is 1.46. The van der Waals surface area contributed by atoms with Gasteiger partial charge < -0.3 is 4.90 Å². The highest BCUT2D eigenvalue weighted by molar-refractivity contribution is 7.19. The Morgan fingerprint density at radius 1 is 0.857 bits per heavy atom. The van der Waals surface area contributed by atoms with E-state index in [4.69, 9.17) is 0 Å². The molecular formula is C19H26NS+. The maximum absolute atomic E-state index is 2.52. The molecule has 2 aliphatic rings. The zero-order chi connectivity index (χ0) is 14.1. The van der Waals surface area contributed by atoms with E-state index in [1.54, 1.807) is 4.88 Å². The van der Waals surface area contributed by atoms with Crippen LogP contribution in [-0.4, -0.2) is 13.1 Å². The minimum Gasteiger partial charge on any atom is -0.326 e. The third kappa shape index (κ3) is 2.43. The van der Waals surface area contributed by atoms with Crippen molar-refractivity contribution in [3.05, 3.63) is 35.2 Å². The zero-order valence-corrected chi connectivity index (χ0v) is 13.7. The summed E-state index contributed by atoms with van der Waals surface area (Å²) >= 11 is 2.08. The van der Waals surface area contributed by atoms with Crippen LogP contribution in [0.25, 0.3) is 10.1 Å². The number of benzene rings is 1. The molecule has 4 rings (SSSR count). The Bertz CT molecular complexity index is 570. The standard InChI is InChI=1S/C19H25NS/c1-5-11-19(12-6-1,20-13-7-2-8-14-20)18-15-16-9-3-4-10-17(16)21-18/h3-4,9-10,15H,1-2,5-8,11-14H2/p+1. The third-order valence-corrected chi connectivity index (χ3v) is 7.06. The van der Waals surface area contributed by atoms with Crippen molar-refractivity contribution in [2.75, 3.05) is 13.1 Å². The van der Waals surface area contributed by atoms with E-state index in [9.17, 15) is 0 Å². The van der Waals surface area contributed by atoms with Crippen molar-refractivity contribution < 1.29 is 4.90 Å². The quantitative estimate of drug-likeness (QED) is 0.850. The molecule has 2 heteroatoms. The molecule has 1 saturated carbocycles. The van der Waals surface area contributed by atoms with Crippen molar-refractivity contribution in [3.8, 4) is 0 Å². The van der Waals surface area contributed by atoms with Crippen LogP contribution in [0.3, 0.4) is 0 Å². The number of piperidine rings is 1. The highest BCUT2D eigenvalue weighted by atomic mass is 32.1. The van der Waals surface area contributed by atoms with E-state index in [1.807, 2.05) is 4.90 Å². The average molecular weight is 300 g/mol. The minimum atomic E-state index is 0.447. The SMILES string of the molecule is c1ccc2sc(C3([NH+]4CCCCC4)CCCCC3)cc2c1. The van der Waals surface area contributed by atoms with Crippen molar-refractivity contribution >= 4 is 21.4 Å². The number of likely N-dealkylation sites (tertiary alicyclic amines) is 1. The fourth-order valence-corrected chi connectivity index (χ4v) is 5.96. The van der Waals surface area contributed by atoms with Gasteiger partial charge in [0.2, 0.25) is 0 Å². The molecule has 21 heavy (non-hydrogen) atoms.